The number of carbonyl (C=O) groups is 1. The Hall–Kier alpha value is -2.96. The Kier molecular flexibility index (Phi) is 4.16. The molecule has 0 spiro atoms. The van der Waals surface area contributed by atoms with E-state index < -0.39 is 0 Å². The number of nitrogens with one attached hydrogen (secondary N) is 3. The zero-order valence-corrected chi connectivity index (χ0v) is 13.9. The summed E-state index contributed by atoms with van der Waals surface area (Å²) >= 11 is 0. The fourth-order valence-electron chi connectivity index (χ4n) is 2.59. The quantitative estimate of drug-likeness (QED) is 0.704. The normalized spacial score (nSPS) is 11.0. The van der Waals surface area contributed by atoms with E-state index in [9.17, 15) is 9.59 Å². The number of carbonyl (C=O) groups excluding carboxylic acids is 1. The molecule has 1 amide bonds. The molecule has 3 heterocycles. The second-order valence-corrected chi connectivity index (χ2v) is 5.68. The molecule has 0 aromatic carbocycles. The highest BCUT2D eigenvalue weighted by atomic mass is 16.1. The predicted octanol–water partition coefficient (Wildman–Crippen LogP) is 1.15. The van der Waals surface area contributed by atoms with Gasteiger partial charge in [-0.2, -0.15) is 4.40 Å². The molecule has 0 unspecified atom stereocenters. The second-order valence-electron chi connectivity index (χ2n) is 5.68. The average Bonchev–Trinajstić information content (AvgIpc) is 2.59. The number of hydrogen-bond donors (Lipinski definition) is 2. The van der Waals surface area contributed by atoms with Gasteiger partial charge in [0.05, 0.1) is 6.20 Å². The molecule has 3 rings (SSSR count). The number of aromatic amines is 1. The SMILES string of the molecule is CCCNc1nc2[nH+]c3ccc(C)cn3c(=O)c2cc1C(=O)NC. The van der Waals surface area contributed by atoms with E-state index in [1.165, 1.54) is 4.40 Å². The number of H-pyrrole nitrogens is 1. The van der Waals surface area contributed by atoms with Crippen LogP contribution in [0.1, 0.15) is 29.3 Å². The molecule has 0 atom stereocenters. The Morgan fingerprint density at radius 3 is 2.88 bits per heavy atom. The van der Waals surface area contributed by atoms with Crippen molar-refractivity contribution in [1.29, 1.82) is 0 Å². The molecular formula is C17H20N5O2+. The molecule has 3 aromatic rings. The van der Waals surface area contributed by atoms with Crippen LogP contribution in [-0.2, 0) is 0 Å². The van der Waals surface area contributed by atoms with E-state index in [1.54, 1.807) is 19.3 Å². The smallest absolute Gasteiger partial charge is 0.325 e. The number of aromatic nitrogens is 3. The molecule has 124 valence electrons. The summed E-state index contributed by atoms with van der Waals surface area (Å²) in [5.41, 5.74) is 2.23. The van der Waals surface area contributed by atoms with Crippen molar-refractivity contribution in [2.45, 2.75) is 20.3 Å². The fraction of sp³-hybridized carbons (Fsp3) is 0.294. The first-order chi connectivity index (χ1) is 11.5. The summed E-state index contributed by atoms with van der Waals surface area (Å²) in [6, 6.07) is 5.35. The van der Waals surface area contributed by atoms with Crippen LogP contribution in [0.2, 0.25) is 0 Å². The number of fused-ring (bicyclic) bond motifs is 2. The van der Waals surface area contributed by atoms with Gasteiger partial charge in [0.1, 0.15) is 10.9 Å². The van der Waals surface area contributed by atoms with Crippen LogP contribution in [0.25, 0.3) is 16.7 Å². The number of hydrogen-bond acceptors (Lipinski definition) is 4. The van der Waals surface area contributed by atoms with E-state index in [4.69, 9.17) is 0 Å². The first-order valence-electron chi connectivity index (χ1n) is 7.90. The van der Waals surface area contributed by atoms with Crippen molar-refractivity contribution < 1.29 is 9.78 Å². The third-order valence-corrected chi connectivity index (χ3v) is 3.83. The number of amides is 1. The van der Waals surface area contributed by atoms with E-state index in [2.05, 4.69) is 20.6 Å². The second kappa shape index (κ2) is 6.27. The minimum Gasteiger partial charge on any atom is -0.356 e. The molecule has 0 fully saturated rings. The maximum absolute atomic E-state index is 12.8. The van der Waals surface area contributed by atoms with Crippen LogP contribution in [0, 0.1) is 6.92 Å². The van der Waals surface area contributed by atoms with Crippen LogP contribution in [-0.4, -0.2) is 28.9 Å². The van der Waals surface area contributed by atoms with Gasteiger partial charge in [0, 0.05) is 19.7 Å². The lowest BCUT2D eigenvalue weighted by molar-refractivity contribution is -0.319. The van der Waals surface area contributed by atoms with Gasteiger partial charge in [0.15, 0.2) is 0 Å². The van der Waals surface area contributed by atoms with E-state index in [-0.39, 0.29) is 11.5 Å². The van der Waals surface area contributed by atoms with Gasteiger partial charge in [-0.25, -0.2) is 9.78 Å². The van der Waals surface area contributed by atoms with Crippen LogP contribution in [0.5, 0.6) is 0 Å². The first kappa shape index (κ1) is 15.9. The molecule has 0 bridgehead atoms. The van der Waals surface area contributed by atoms with Crippen LogP contribution in [0.15, 0.2) is 29.2 Å². The maximum Gasteiger partial charge on any atom is 0.325 e. The first-order valence-corrected chi connectivity index (χ1v) is 7.90. The molecule has 0 aliphatic carbocycles. The number of rotatable bonds is 4. The summed E-state index contributed by atoms with van der Waals surface area (Å²) in [4.78, 5) is 32.6. The highest BCUT2D eigenvalue weighted by Gasteiger charge is 2.21. The Morgan fingerprint density at radius 2 is 2.17 bits per heavy atom. The van der Waals surface area contributed by atoms with Crippen molar-refractivity contribution in [2.24, 2.45) is 0 Å². The molecule has 7 nitrogen and oxygen atoms in total. The number of anilines is 1. The lowest BCUT2D eigenvalue weighted by Gasteiger charge is -2.07. The standard InChI is InChI=1S/C17H19N5O2/c1-4-7-19-14-11(16(23)18-3)8-12-15(21-14)20-13-6-5-10(2)9-22(13)17(12)24/h5-6,8-9H,4,7H2,1-3H3,(H,18,23)(H,19,21)/p+1. The van der Waals surface area contributed by atoms with Gasteiger partial charge in [-0.1, -0.05) is 11.9 Å². The number of aryl methyl sites for hydroxylation is 1. The fourth-order valence-corrected chi connectivity index (χ4v) is 2.59. The summed E-state index contributed by atoms with van der Waals surface area (Å²) in [5.74, 6) is 0.188. The van der Waals surface area contributed by atoms with Crippen molar-refractivity contribution in [1.82, 2.24) is 14.7 Å². The summed E-state index contributed by atoms with van der Waals surface area (Å²) in [6.07, 6.45) is 2.66. The predicted molar refractivity (Wildman–Crippen MR) is 92.4 cm³/mol. The van der Waals surface area contributed by atoms with Crippen LogP contribution in [0.3, 0.4) is 0 Å². The number of nitrogens with zero attached hydrogens (tertiary/aromatic N) is 2. The molecule has 0 radical (unpaired) electrons. The van der Waals surface area contributed by atoms with Crippen molar-refractivity contribution >= 4 is 28.4 Å². The van der Waals surface area contributed by atoms with E-state index in [0.29, 0.717) is 34.6 Å². The Balaban J connectivity index is 2.33. The molecule has 3 N–H and O–H groups in total. The van der Waals surface area contributed by atoms with E-state index in [0.717, 1.165) is 12.0 Å². The van der Waals surface area contributed by atoms with Gasteiger partial charge in [0.2, 0.25) is 11.5 Å². The molecule has 24 heavy (non-hydrogen) atoms. The van der Waals surface area contributed by atoms with Crippen LogP contribution < -0.4 is 21.2 Å². The van der Waals surface area contributed by atoms with E-state index >= 15 is 0 Å². The number of pyridine rings is 2. The van der Waals surface area contributed by atoms with Crippen LogP contribution in [0.4, 0.5) is 5.82 Å². The monoisotopic (exact) mass is 326 g/mol. The van der Waals surface area contributed by atoms with Crippen molar-refractivity contribution in [3.8, 4) is 0 Å². The summed E-state index contributed by atoms with van der Waals surface area (Å²) in [5, 5.41) is 6.11. The minimum absolute atomic E-state index is 0.206. The zero-order valence-electron chi connectivity index (χ0n) is 13.9. The minimum atomic E-state index is -0.281. The summed E-state index contributed by atoms with van der Waals surface area (Å²) < 4.78 is 1.53. The zero-order chi connectivity index (χ0) is 17.3. The molecule has 0 saturated heterocycles. The Labute approximate surface area is 138 Å². The van der Waals surface area contributed by atoms with Crippen molar-refractivity contribution in [2.75, 3.05) is 18.9 Å². The summed E-state index contributed by atoms with van der Waals surface area (Å²) in [6.45, 7) is 4.64. The van der Waals surface area contributed by atoms with Gasteiger partial charge >= 0.3 is 5.56 Å². The lowest BCUT2D eigenvalue weighted by Crippen LogP contribution is -2.27. The molecule has 7 heteroatoms. The largest absolute Gasteiger partial charge is 0.356 e. The Bertz CT molecular complexity index is 994. The highest BCUT2D eigenvalue weighted by molar-refractivity contribution is 6.01. The molecule has 0 aliphatic rings. The third kappa shape index (κ3) is 2.68. The van der Waals surface area contributed by atoms with Gasteiger partial charge in [-0.3, -0.25) is 4.79 Å². The third-order valence-electron chi connectivity index (χ3n) is 3.83. The van der Waals surface area contributed by atoms with Crippen molar-refractivity contribution in [3.05, 3.63) is 45.9 Å². The Morgan fingerprint density at radius 1 is 1.38 bits per heavy atom. The van der Waals surface area contributed by atoms with Crippen LogP contribution >= 0.6 is 0 Å². The van der Waals surface area contributed by atoms with Gasteiger partial charge < -0.3 is 10.6 Å². The van der Waals surface area contributed by atoms with Gasteiger partial charge in [-0.05, 0) is 31.0 Å². The lowest BCUT2D eigenvalue weighted by atomic mass is 10.2. The summed E-state index contributed by atoms with van der Waals surface area (Å²) in [7, 11) is 1.55. The molecule has 0 saturated carbocycles. The topological polar surface area (TPSA) is 89.6 Å². The van der Waals surface area contributed by atoms with Gasteiger partial charge in [0.25, 0.3) is 11.6 Å². The molecule has 0 aliphatic heterocycles. The highest BCUT2D eigenvalue weighted by Crippen LogP contribution is 2.17. The molecular weight excluding hydrogens is 306 g/mol. The molecule has 3 aromatic heterocycles. The van der Waals surface area contributed by atoms with Gasteiger partial charge in [-0.15, -0.1) is 0 Å². The maximum atomic E-state index is 12.8. The average molecular weight is 326 g/mol. The van der Waals surface area contributed by atoms with Crippen molar-refractivity contribution in [3.63, 3.8) is 0 Å². The van der Waals surface area contributed by atoms with E-state index in [1.807, 2.05) is 26.0 Å².